The van der Waals surface area contributed by atoms with E-state index in [-0.39, 0.29) is 5.91 Å². The third kappa shape index (κ3) is 2.61. The molecule has 6 heteroatoms. The zero-order valence-electron chi connectivity index (χ0n) is 9.23. The van der Waals surface area contributed by atoms with E-state index in [0.717, 1.165) is 4.88 Å². The van der Waals surface area contributed by atoms with Crippen molar-refractivity contribution in [2.24, 2.45) is 5.84 Å². The van der Waals surface area contributed by atoms with Crippen LogP contribution in [0.3, 0.4) is 0 Å². The van der Waals surface area contributed by atoms with Crippen LogP contribution in [0.2, 0.25) is 0 Å². The fraction of sp³-hybridized carbons (Fsp3) is 0.0909. The number of thiazole rings is 1. The Balaban J connectivity index is 2.20. The molecule has 4 N–H and O–H groups in total. The van der Waals surface area contributed by atoms with Crippen molar-refractivity contribution in [2.75, 3.05) is 10.7 Å². The second kappa shape index (κ2) is 4.94. The summed E-state index contributed by atoms with van der Waals surface area (Å²) in [6.07, 6.45) is 1.72. The summed E-state index contributed by atoms with van der Waals surface area (Å²) in [4.78, 5) is 17.1. The number of benzene rings is 1. The summed E-state index contributed by atoms with van der Waals surface area (Å²) in [6.45, 7) is 1.93. The smallest absolute Gasteiger partial charge is 0.259 e. The number of aryl methyl sites for hydroxylation is 1. The molecule has 0 spiro atoms. The van der Waals surface area contributed by atoms with Crippen molar-refractivity contribution in [3.05, 3.63) is 40.9 Å². The van der Waals surface area contributed by atoms with E-state index in [1.165, 1.54) is 11.3 Å². The Morgan fingerprint density at radius 1 is 1.41 bits per heavy atom. The van der Waals surface area contributed by atoms with E-state index < -0.39 is 0 Å². The van der Waals surface area contributed by atoms with Crippen LogP contribution in [-0.4, -0.2) is 10.9 Å². The lowest BCUT2D eigenvalue weighted by Crippen LogP contribution is -2.16. The molecule has 1 heterocycles. The zero-order valence-corrected chi connectivity index (χ0v) is 10.0. The normalized spacial score (nSPS) is 10.0. The molecular weight excluding hydrogens is 236 g/mol. The van der Waals surface area contributed by atoms with Crippen LogP contribution >= 0.6 is 11.3 Å². The lowest BCUT2D eigenvalue weighted by molar-refractivity contribution is 0.102. The number of para-hydroxylation sites is 1. The Labute approximate surface area is 103 Å². The van der Waals surface area contributed by atoms with Gasteiger partial charge in [-0.3, -0.25) is 16.0 Å². The van der Waals surface area contributed by atoms with Gasteiger partial charge in [-0.15, -0.1) is 11.3 Å². The van der Waals surface area contributed by atoms with Gasteiger partial charge in [-0.05, 0) is 19.1 Å². The van der Waals surface area contributed by atoms with Crippen molar-refractivity contribution in [1.82, 2.24) is 4.98 Å². The first-order valence-electron chi connectivity index (χ1n) is 5.00. The maximum atomic E-state index is 12.0. The number of carbonyl (C=O) groups excluding carboxylic acids is 1. The third-order valence-electron chi connectivity index (χ3n) is 2.17. The average Bonchev–Trinajstić information content (AvgIpc) is 2.74. The topological polar surface area (TPSA) is 80.0 Å². The van der Waals surface area contributed by atoms with Gasteiger partial charge < -0.3 is 5.43 Å². The maximum absolute atomic E-state index is 12.0. The number of carbonyl (C=O) groups is 1. The van der Waals surface area contributed by atoms with E-state index in [4.69, 9.17) is 5.84 Å². The number of anilines is 2. The van der Waals surface area contributed by atoms with Crippen LogP contribution in [0.5, 0.6) is 0 Å². The fourth-order valence-electron chi connectivity index (χ4n) is 1.38. The van der Waals surface area contributed by atoms with Gasteiger partial charge in [0.05, 0.1) is 11.3 Å². The monoisotopic (exact) mass is 248 g/mol. The summed E-state index contributed by atoms with van der Waals surface area (Å²) in [5.74, 6) is 5.11. The predicted octanol–water partition coefficient (Wildman–Crippen LogP) is 1.99. The zero-order chi connectivity index (χ0) is 12.3. The fourth-order valence-corrected chi connectivity index (χ4v) is 2.04. The highest BCUT2D eigenvalue weighted by molar-refractivity contribution is 7.15. The molecule has 2 rings (SSSR count). The molecule has 1 aromatic carbocycles. The Kier molecular flexibility index (Phi) is 3.36. The molecule has 1 amide bonds. The third-order valence-corrected chi connectivity index (χ3v) is 3.00. The van der Waals surface area contributed by atoms with Gasteiger partial charge in [-0.2, -0.15) is 0 Å². The van der Waals surface area contributed by atoms with Crippen LogP contribution in [0.15, 0.2) is 30.5 Å². The molecule has 1 aromatic heterocycles. The molecule has 0 atom stereocenters. The van der Waals surface area contributed by atoms with E-state index in [2.05, 4.69) is 15.7 Å². The lowest BCUT2D eigenvalue weighted by atomic mass is 10.1. The minimum absolute atomic E-state index is 0.229. The summed E-state index contributed by atoms with van der Waals surface area (Å²) in [5, 5.41) is 3.31. The summed E-state index contributed by atoms with van der Waals surface area (Å²) in [7, 11) is 0. The molecule has 0 saturated carbocycles. The van der Waals surface area contributed by atoms with Crippen molar-refractivity contribution in [3.8, 4) is 0 Å². The molecule has 2 aromatic rings. The van der Waals surface area contributed by atoms with E-state index in [9.17, 15) is 4.79 Å². The molecular formula is C11H12N4OS. The van der Waals surface area contributed by atoms with Gasteiger partial charge >= 0.3 is 0 Å². The molecule has 0 radical (unpaired) electrons. The predicted molar refractivity (Wildman–Crippen MR) is 69.1 cm³/mol. The highest BCUT2D eigenvalue weighted by atomic mass is 32.1. The van der Waals surface area contributed by atoms with Gasteiger partial charge in [-0.1, -0.05) is 12.1 Å². The SMILES string of the molecule is Cc1cnc(NC(=O)c2ccccc2NN)s1. The Morgan fingerprint density at radius 2 is 2.18 bits per heavy atom. The summed E-state index contributed by atoms with van der Waals surface area (Å²) < 4.78 is 0. The first kappa shape index (κ1) is 11.6. The number of hydrazine groups is 1. The molecule has 0 aliphatic rings. The van der Waals surface area contributed by atoms with Crippen LogP contribution in [0, 0.1) is 6.92 Å². The lowest BCUT2D eigenvalue weighted by Gasteiger charge is -2.07. The number of rotatable bonds is 3. The molecule has 0 bridgehead atoms. The minimum Gasteiger partial charge on any atom is -0.323 e. The molecule has 17 heavy (non-hydrogen) atoms. The summed E-state index contributed by atoms with van der Waals surface area (Å²) in [5.41, 5.74) is 3.56. The number of hydrogen-bond donors (Lipinski definition) is 3. The van der Waals surface area contributed by atoms with E-state index >= 15 is 0 Å². The molecule has 0 fully saturated rings. The summed E-state index contributed by atoms with van der Waals surface area (Å²) >= 11 is 1.43. The second-order valence-electron chi connectivity index (χ2n) is 3.42. The van der Waals surface area contributed by atoms with Gasteiger partial charge in [0.25, 0.3) is 5.91 Å². The number of nitrogens with one attached hydrogen (secondary N) is 2. The number of amides is 1. The highest BCUT2D eigenvalue weighted by Gasteiger charge is 2.11. The second-order valence-corrected chi connectivity index (χ2v) is 4.65. The largest absolute Gasteiger partial charge is 0.323 e. The van der Waals surface area contributed by atoms with Crippen LogP contribution in [0.1, 0.15) is 15.2 Å². The van der Waals surface area contributed by atoms with E-state index in [1.807, 2.05) is 6.92 Å². The van der Waals surface area contributed by atoms with Crippen molar-refractivity contribution in [1.29, 1.82) is 0 Å². The standard InChI is InChI=1S/C11H12N4OS/c1-7-6-13-11(17-7)14-10(16)8-4-2-3-5-9(8)15-12/h2-6,15H,12H2,1H3,(H,13,14,16). The summed E-state index contributed by atoms with van der Waals surface area (Å²) in [6, 6.07) is 7.02. The van der Waals surface area contributed by atoms with Gasteiger partial charge in [-0.25, -0.2) is 4.98 Å². The van der Waals surface area contributed by atoms with Crippen molar-refractivity contribution in [3.63, 3.8) is 0 Å². The van der Waals surface area contributed by atoms with Crippen LogP contribution in [0.4, 0.5) is 10.8 Å². The van der Waals surface area contributed by atoms with Crippen LogP contribution < -0.4 is 16.6 Å². The Bertz CT molecular complexity index is 538. The molecule has 0 aliphatic heterocycles. The van der Waals surface area contributed by atoms with Gasteiger partial charge in [0, 0.05) is 11.1 Å². The number of nitrogens with zero attached hydrogens (tertiary/aromatic N) is 1. The number of hydrogen-bond acceptors (Lipinski definition) is 5. The Morgan fingerprint density at radius 3 is 2.82 bits per heavy atom. The van der Waals surface area contributed by atoms with E-state index in [0.29, 0.717) is 16.4 Å². The molecule has 88 valence electrons. The molecule has 0 unspecified atom stereocenters. The average molecular weight is 248 g/mol. The number of nitrogen functional groups attached to an aromatic ring is 1. The minimum atomic E-state index is -0.229. The van der Waals surface area contributed by atoms with Crippen LogP contribution in [-0.2, 0) is 0 Å². The maximum Gasteiger partial charge on any atom is 0.259 e. The van der Waals surface area contributed by atoms with E-state index in [1.54, 1.807) is 30.5 Å². The van der Waals surface area contributed by atoms with Gasteiger partial charge in [0.2, 0.25) is 0 Å². The van der Waals surface area contributed by atoms with Crippen molar-refractivity contribution in [2.45, 2.75) is 6.92 Å². The van der Waals surface area contributed by atoms with Gasteiger partial charge in [0.1, 0.15) is 0 Å². The quantitative estimate of drug-likeness (QED) is 0.573. The van der Waals surface area contributed by atoms with Crippen molar-refractivity contribution >= 4 is 28.1 Å². The van der Waals surface area contributed by atoms with Gasteiger partial charge in [0.15, 0.2) is 5.13 Å². The first-order chi connectivity index (χ1) is 8.20. The molecule has 0 aliphatic carbocycles. The van der Waals surface area contributed by atoms with Crippen LogP contribution in [0.25, 0.3) is 0 Å². The molecule has 5 nitrogen and oxygen atoms in total. The first-order valence-corrected chi connectivity index (χ1v) is 5.82. The molecule has 0 saturated heterocycles. The Hall–Kier alpha value is -1.92. The van der Waals surface area contributed by atoms with Crippen molar-refractivity contribution < 1.29 is 4.79 Å². The number of nitrogens with two attached hydrogens (primary N) is 1. The number of aromatic nitrogens is 1. The highest BCUT2D eigenvalue weighted by Crippen LogP contribution is 2.19.